The Balaban J connectivity index is 1.10. The van der Waals surface area contributed by atoms with Crippen molar-refractivity contribution in [2.24, 2.45) is 0 Å². The Morgan fingerprint density at radius 1 is 0.402 bits per heavy atom. The van der Waals surface area contributed by atoms with Gasteiger partial charge >= 0.3 is 6.85 Å². The fourth-order valence-corrected chi connectivity index (χ4v) is 20.2. The van der Waals surface area contributed by atoms with E-state index in [2.05, 4.69) is 301 Å². The van der Waals surface area contributed by atoms with Crippen molar-refractivity contribution < 1.29 is 4.42 Å². The molecule has 2 aliphatic heterocycles. The first kappa shape index (κ1) is 64.6. The highest BCUT2D eigenvalue weighted by atomic mass is 32.1. The predicted octanol–water partition coefficient (Wildman–Crippen LogP) is 25.3. The summed E-state index contributed by atoms with van der Waals surface area (Å²) in [6.45, 7) is 56.0. The van der Waals surface area contributed by atoms with Gasteiger partial charge in [0.1, 0.15) is 11.2 Å². The average Bonchev–Trinajstić information content (AvgIpc) is 1.66. The molecule has 10 aromatic rings. The zero-order chi connectivity index (χ0) is 69.0. The molecule has 0 saturated heterocycles. The van der Waals surface area contributed by atoms with Crippen molar-refractivity contribution in [2.45, 2.75) is 265 Å². The van der Waals surface area contributed by atoms with Gasteiger partial charge < -0.3 is 19.0 Å². The van der Waals surface area contributed by atoms with E-state index in [1.165, 1.54) is 126 Å². The molecule has 0 radical (unpaired) electrons. The summed E-state index contributed by atoms with van der Waals surface area (Å²) in [5.41, 5.74) is 31.2. The molecule has 0 bridgehead atoms. The molecule has 8 aromatic carbocycles. The van der Waals surface area contributed by atoms with Gasteiger partial charge in [-0.2, -0.15) is 0 Å². The van der Waals surface area contributed by atoms with E-state index in [-0.39, 0.29) is 61.0 Å². The second-order valence-electron chi connectivity index (χ2n) is 38.5. The van der Waals surface area contributed by atoms with Crippen molar-refractivity contribution in [1.82, 2.24) is 0 Å². The lowest BCUT2D eigenvalue weighted by Gasteiger charge is -2.47. The molecule has 6 aliphatic rings. The first-order chi connectivity index (χ1) is 45.2. The van der Waals surface area contributed by atoms with E-state index in [4.69, 9.17) is 4.42 Å². The molecule has 6 heteroatoms. The normalized spacial score (nSPS) is 20.2. The van der Waals surface area contributed by atoms with Crippen molar-refractivity contribution in [1.29, 1.82) is 0 Å². The van der Waals surface area contributed by atoms with Crippen molar-refractivity contribution in [3.05, 3.63) is 189 Å². The number of fused-ring (bicyclic) bond motifs is 14. The first-order valence-electron chi connectivity index (χ1n) is 36.9. The van der Waals surface area contributed by atoms with E-state index in [1.54, 1.807) is 0 Å². The van der Waals surface area contributed by atoms with Gasteiger partial charge in [0, 0.05) is 55.2 Å². The second-order valence-corrected chi connectivity index (χ2v) is 39.5. The molecule has 4 aliphatic carbocycles. The Morgan fingerprint density at radius 3 is 1.37 bits per heavy atom. The molecule has 0 atom stereocenters. The van der Waals surface area contributed by atoms with Crippen LogP contribution in [0.1, 0.15) is 265 Å². The minimum Gasteiger partial charge on any atom is -0.455 e. The summed E-state index contributed by atoms with van der Waals surface area (Å²) in [5.74, 6) is 0. The van der Waals surface area contributed by atoms with Crippen LogP contribution in [0.3, 0.4) is 0 Å². The molecule has 500 valence electrons. The van der Waals surface area contributed by atoms with Gasteiger partial charge in [0.15, 0.2) is 0 Å². The lowest BCUT2D eigenvalue weighted by Crippen LogP contribution is -2.61. The van der Waals surface area contributed by atoms with E-state index in [1.807, 2.05) is 11.3 Å². The Kier molecular flexibility index (Phi) is 13.7. The number of benzene rings is 8. The van der Waals surface area contributed by atoms with Crippen molar-refractivity contribution >= 4 is 106 Å². The summed E-state index contributed by atoms with van der Waals surface area (Å²) in [6.07, 6.45) is 9.19. The molecule has 0 saturated carbocycles. The van der Waals surface area contributed by atoms with Gasteiger partial charge in [-0.1, -0.05) is 189 Å². The van der Waals surface area contributed by atoms with E-state index < -0.39 is 0 Å². The Labute approximate surface area is 585 Å². The molecule has 97 heavy (non-hydrogen) atoms. The fraction of sp³-hybridized carbons (Fsp3) is 0.451. The average molecular weight is 1300 g/mol. The summed E-state index contributed by atoms with van der Waals surface area (Å²) in [6, 6.07) is 52.6. The highest BCUT2D eigenvalue weighted by molar-refractivity contribution is 7.26. The maximum absolute atomic E-state index is 7.87. The topological polar surface area (TPSA) is 22.9 Å². The minimum absolute atomic E-state index is 0.000440. The molecule has 4 heterocycles. The monoisotopic (exact) mass is 1300 g/mol. The maximum atomic E-state index is 7.87. The number of hydrogen-bond donors (Lipinski definition) is 0. The Morgan fingerprint density at radius 2 is 0.856 bits per heavy atom. The van der Waals surface area contributed by atoms with Crippen LogP contribution in [0, 0.1) is 6.92 Å². The van der Waals surface area contributed by atoms with Crippen molar-refractivity contribution in [3.8, 4) is 11.1 Å². The molecule has 0 spiro atoms. The molecule has 0 N–H and O–H groups in total. The van der Waals surface area contributed by atoms with Crippen molar-refractivity contribution in [2.75, 3.05) is 14.6 Å². The number of nitrogens with zero attached hydrogens (tertiary/aromatic N) is 3. The third-order valence-electron chi connectivity index (χ3n) is 26.0. The van der Waals surface area contributed by atoms with Crippen LogP contribution in [0.2, 0.25) is 0 Å². The van der Waals surface area contributed by atoms with E-state index in [9.17, 15) is 0 Å². The van der Waals surface area contributed by atoms with Crippen LogP contribution < -0.4 is 25.5 Å². The summed E-state index contributed by atoms with van der Waals surface area (Å²) in [4.78, 5) is 8.21. The molecule has 16 rings (SSSR count). The predicted molar refractivity (Wildman–Crippen MR) is 421 cm³/mol. The number of thiophene rings is 1. The number of aryl methyl sites for hydroxylation is 1. The van der Waals surface area contributed by atoms with Crippen LogP contribution in [0.5, 0.6) is 0 Å². The van der Waals surface area contributed by atoms with Crippen molar-refractivity contribution in [3.63, 3.8) is 0 Å². The smallest absolute Gasteiger partial charge is 0.334 e. The van der Waals surface area contributed by atoms with Gasteiger partial charge in [-0.25, -0.2) is 0 Å². The highest BCUT2D eigenvalue weighted by Gasteiger charge is 2.51. The summed E-state index contributed by atoms with van der Waals surface area (Å²) in [7, 11) is 0. The molecular weight excluding hydrogens is 1190 g/mol. The minimum atomic E-state index is -0.225. The summed E-state index contributed by atoms with van der Waals surface area (Å²) in [5, 5.41) is 5.07. The van der Waals surface area contributed by atoms with Crippen LogP contribution in [0.4, 0.5) is 44.8 Å². The highest BCUT2D eigenvalue weighted by Crippen LogP contribution is 2.60. The summed E-state index contributed by atoms with van der Waals surface area (Å²) >= 11 is 2.03. The summed E-state index contributed by atoms with van der Waals surface area (Å²) < 4.78 is 9.24. The second kappa shape index (κ2) is 20.6. The molecule has 2 aromatic heterocycles. The van der Waals surface area contributed by atoms with Gasteiger partial charge in [-0.05, 0) is 287 Å². The molecular formula is C91H106BN3OS. The van der Waals surface area contributed by atoms with Crippen LogP contribution in [0.25, 0.3) is 43.2 Å². The van der Waals surface area contributed by atoms with Gasteiger partial charge in [-0.15, -0.1) is 11.3 Å². The van der Waals surface area contributed by atoms with E-state index in [0.717, 1.165) is 85.2 Å². The number of rotatable bonds is 5. The maximum Gasteiger partial charge on any atom is 0.334 e. The third kappa shape index (κ3) is 9.74. The lowest BCUT2D eigenvalue weighted by molar-refractivity contribution is 0.332. The SMILES string of the molecule is Cc1cc2c(cc1N1c3cc(N(c4ccc(C(C)(C)C)cc4)c4ccc(C(C)(C)C)cc4)cc4c3B(c3c1sc1cc5c(cc31)C(C)(C)CCC5(C)C)N(c1ccc3c(c1)C(C)(C)CCC3(C)C)c1ccc3c(oc5cc6c(cc53)C(C)(C)CCC6(C)C)c1-4)C(C)(C)CCC2(C)C. The standard InChI is InChI=1S/C91H106BN3OS/c1-53-44-65-69(89(18,19)41-38-85(65,10)11)50-73(53)94-74-47-59(93(56-28-24-54(25-29-56)82(2,3)4)57-30-26-55(27-31-57)83(5,6)7)45-63-77-72(35-33-60-61-48-67-70(51-75(61)96-80(60)77)90(20,21)42-39-87(67,14)15)95(58-32-34-64-66(46-58)86(12,13)37-36-84(64,8)9)92(78(63)74)79-62-49-68-71(52-76(62)97-81(79)94)91(22,23)43-40-88(68,16)17/h24-35,44-52H,36-43H2,1-23H3. The van der Waals surface area contributed by atoms with Gasteiger partial charge in [-0.3, -0.25) is 0 Å². The molecule has 0 amide bonds. The van der Waals surface area contributed by atoms with Crippen LogP contribution >= 0.6 is 11.3 Å². The Bertz CT molecular complexity index is 4920. The Hall–Kier alpha value is -7.02. The fourth-order valence-electron chi connectivity index (χ4n) is 18.9. The quantitative estimate of drug-likeness (QED) is 0.160. The third-order valence-corrected chi connectivity index (χ3v) is 27.1. The van der Waals surface area contributed by atoms with E-state index >= 15 is 0 Å². The molecule has 0 fully saturated rings. The van der Waals surface area contributed by atoms with Crippen LogP contribution in [-0.4, -0.2) is 6.85 Å². The van der Waals surface area contributed by atoms with Gasteiger partial charge in [0.2, 0.25) is 0 Å². The zero-order valence-corrected chi connectivity index (χ0v) is 63.8. The molecule has 4 nitrogen and oxygen atoms in total. The zero-order valence-electron chi connectivity index (χ0n) is 63.0. The number of furan rings is 1. The number of anilines is 8. The number of hydrogen-bond acceptors (Lipinski definition) is 5. The van der Waals surface area contributed by atoms with Crippen LogP contribution in [-0.2, 0) is 54.1 Å². The van der Waals surface area contributed by atoms with E-state index in [0.29, 0.717) is 0 Å². The first-order valence-corrected chi connectivity index (χ1v) is 37.7. The lowest BCUT2D eigenvalue weighted by atomic mass is 9.43. The van der Waals surface area contributed by atoms with Gasteiger partial charge in [0.05, 0.1) is 10.7 Å². The largest absolute Gasteiger partial charge is 0.455 e. The molecule has 0 unspecified atom stereocenters. The van der Waals surface area contributed by atoms with Crippen LogP contribution in [0.15, 0.2) is 132 Å². The van der Waals surface area contributed by atoms with Gasteiger partial charge in [0.25, 0.3) is 0 Å².